The molecule has 0 saturated carbocycles. The van der Waals surface area contributed by atoms with Crippen molar-refractivity contribution in [1.29, 1.82) is 0 Å². The normalized spacial score (nSPS) is 20.2. The number of hydrogen-bond donors (Lipinski definition) is 3. The van der Waals surface area contributed by atoms with Crippen LogP contribution in [0.1, 0.15) is 19.8 Å². The van der Waals surface area contributed by atoms with Crippen molar-refractivity contribution in [3.63, 3.8) is 0 Å². The summed E-state index contributed by atoms with van der Waals surface area (Å²) < 4.78 is 0. The van der Waals surface area contributed by atoms with Crippen LogP contribution in [-0.4, -0.2) is 22.9 Å². The zero-order valence-corrected chi connectivity index (χ0v) is 12.2. The number of benzene rings is 1. The summed E-state index contributed by atoms with van der Waals surface area (Å²) in [5.74, 6) is -2.69. The second kappa shape index (κ2) is 6.89. The Bertz CT molecular complexity index is 607. The van der Waals surface area contributed by atoms with E-state index in [4.69, 9.17) is 0 Å². The highest BCUT2D eigenvalue weighted by Crippen LogP contribution is 2.27. The van der Waals surface area contributed by atoms with E-state index in [9.17, 15) is 19.5 Å². The van der Waals surface area contributed by atoms with Gasteiger partial charge < -0.3 is 15.7 Å². The minimum Gasteiger partial charge on any atom is -0.481 e. The number of carbonyl (C=O) groups is 3. The molecular weight excluding hydrogens is 284 g/mol. The van der Waals surface area contributed by atoms with Crippen LogP contribution in [0.4, 0.5) is 11.4 Å². The van der Waals surface area contributed by atoms with Crippen LogP contribution >= 0.6 is 0 Å². The van der Waals surface area contributed by atoms with E-state index < -0.39 is 17.8 Å². The quantitative estimate of drug-likeness (QED) is 0.743. The van der Waals surface area contributed by atoms with E-state index in [0.717, 1.165) is 0 Å². The molecule has 1 aromatic carbocycles. The molecule has 0 aliphatic heterocycles. The number of nitrogens with one attached hydrogen (secondary N) is 2. The number of carboxylic acid groups (broad SMARTS) is 1. The predicted octanol–water partition coefficient (Wildman–Crippen LogP) is 2.25. The van der Waals surface area contributed by atoms with Gasteiger partial charge in [0.1, 0.15) is 0 Å². The van der Waals surface area contributed by atoms with Crippen molar-refractivity contribution in [3.05, 3.63) is 36.4 Å². The van der Waals surface area contributed by atoms with Gasteiger partial charge in [0, 0.05) is 18.3 Å². The van der Waals surface area contributed by atoms with Gasteiger partial charge in [0.05, 0.1) is 11.8 Å². The molecule has 0 saturated heterocycles. The summed E-state index contributed by atoms with van der Waals surface area (Å²) in [4.78, 5) is 34.4. The van der Waals surface area contributed by atoms with Gasteiger partial charge in [-0.2, -0.15) is 0 Å². The summed E-state index contributed by atoms with van der Waals surface area (Å²) >= 11 is 0. The molecule has 2 rings (SSSR count). The molecule has 0 fully saturated rings. The summed E-state index contributed by atoms with van der Waals surface area (Å²) in [6.07, 6.45) is 4.43. The number of carboxylic acids is 1. The van der Waals surface area contributed by atoms with Crippen molar-refractivity contribution < 1.29 is 19.5 Å². The highest BCUT2D eigenvalue weighted by atomic mass is 16.4. The Morgan fingerprint density at radius 2 is 1.45 bits per heavy atom. The first-order valence-corrected chi connectivity index (χ1v) is 7.03. The smallest absolute Gasteiger partial charge is 0.307 e. The Balaban J connectivity index is 2.03. The Morgan fingerprint density at radius 1 is 0.955 bits per heavy atom. The molecule has 0 aromatic heterocycles. The molecule has 0 heterocycles. The average Bonchev–Trinajstić information content (AvgIpc) is 2.48. The standard InChI is InChI=1S/C16H18N2O4/c1-10(19)17-11-6-8-12(9-7-11)18-15(20)13-4-2-3-5-14(13)16(21)22/h2-3,6-9,13-14H,4-5H2,1H3,(H,17,19)(H,18,20)(H,21,22)/t13-,14+/m0/s1. The maximum atomic E-state index is 12.3. The molecule has 0 bridgehead atoms. The van der Waals surface area contributed by atoms with E-state index in [0.29, 0.717) is 24.2 Å². The number of rotatable bonds is 4. The highest BCUT2D eigenvalue weighted by molar-refractivity contribution is 5.96. The van der Waals surface area contributed by atoms with Crippen LogP contribution in [0.5, 0.6) is 0 Å². The summed E-state index contributed by atoms with van der Waals surface area (Å²) in [7, 11) is 0. The highest BCUT2D eigenvalue weighted by Gasteiger charge is 2.33. The van der Waals surface area contributed by atoms with Gasteiger partial charge in [0.2, 0.25) is 11.8 Å². The number of allylic oxidation sites excluding steroid dienone is 2. The largest absolute Gasteiger partial charge is 0.481 e. The number of hydrogen-bond acceptors (Lipinski definition) is 3. The minimum absolute atomic E-state index is 0.171. The lowest BCUT2D eigenvalue weighted by Gasteiger charge is -2.24. The summed E-state index contributed by atoms with van der Waals surface area (Å²) in [6, 6.07) is 6.67. The van der Waals surface area contributed by atoms with E-state index in [1.807, 2.05) is 6.08 Å². The van der Waals surface area contributed by atoms with Crippen molar-refractivity contribution in [2.45, 2.75) is 19.8 Å². The molecule has 1 aromatic rings. The third-order valence-electron chi connectivity index (χ3n) is 3.56. The third kappa shape index (κ3) is 3.94. The molecule has 0 radical (unpaired) electrons. The molecule has 2 atom stereocenters. The summed E-state index contributed by atoms with van der Waals surface area (Å²) in [5.41, 5.74) is 1.20. The molecule has 0 spiro atoms. The van der Waals surface area contributed by atoms with E-state index in [-0.39, 0.29) is 11.8 Å². The fraction of sp³-hybridized carbons (Fsp3) is 0.312. The van der Waals surface area contributed by atoms with Crippen LogP contribution in [0.3, 0.4) is 0 Å². The minimum atomic E-state index is -0.953. The maximum Gasteiger partial charge on any atom is 0.307 e. The van der Waals surface area contributed by atoms with Crippen LogP contribution in [-0.2, 0) is 14.4 Å². The Kier molecular flexibility index (Phi) is 4.93. The monoisotopic (exact) mass is 302 g/mol. The second-order valence-corrected chi connectivity index (χ2v) is 5.24. The van der Waals surface area contributed by atoms with Gasteiger partial charge in [0.25, 0.3) is 0 Å². The van der Waals surface area contributed by atoms with Crippen LogP contribution in [0.2, 0.25) is 0 Å². The Morgan fingerprint density at radius 3 is 1.95 bits per heavy atom. The SMILES string of the molecule is CC(=O)Nc1ccc(NC(=O)[C@H]2CC=CC[C@H]2C(=O)O)cc1. The fourth-order valence-electron chi connectivity index (χ4n) is 2.45. The number of anilines is 2. The molecule has 1 aliphatic carbocycles. The lowest BCUT2D eigenvalue weighted by Crippen LogP contribution is -2.34. The third-order valence-corrected chi connectivity index (χ3v) is 3.56. The van der Waals surface area contributed by atoms with Gasteiger partial charge in [0.15, 0.2) is 0 Å². The summed E-state index contributed by atoms with van der Waals surface area (Å²) in [5, 5.41) is 14.6. The molecule has 22 heavy (non-hydrogen) atoms. The van der Waals surface area contributed by atoms with Crippen LogP contribution < -0.4 is 10.6 Å². The molecule has 0 unspecified atom stereocenters. The number of amides is 2. The Hall–Kier alpha value is -2.63. The first-order chi connectivity index (χ1) is 10.5. The van der Waals surface area contributed by atoms with E-state index in [1.165, 1.54) is 6.92 Å². The molecule has 2 amide bonds. The van der Waals surface area contributed by atoms with Crippen molar-refractivity contribution in [1.82, 2.24) is 0 Å². The van der Waals surface area contributed by atoms with Gasteiger partial charge >= 0.3 is 5.97 Å². The first-order valence-electron chi connectivity index (χ1n) is 7.03. The zero-order chi connectivity index (χ0) is 16.1. The molecule has 3 N–H and O–H groups in total. The van der Waals surface area contributed by atoms with Gasteiger partial charge in [-0.25, -0.2) is 0 Å². The van der Waals surface area contributed by atoms with Crippen molar-refractivity contribution in [2.24, 2.45) is 11.8 Å². The second-order valence-electron chi connectivity index (χ2n) is 5.24. The fourth-order valence-corrected chi connectivity index (χ4v) is 2.45. The number of carbonyl (C=O) groups excluding carboxylic acids is 2. The molecule has 6 nitrogen and oxygen atoms in total. The van der Waals surface area contributed by atoms with Gasteiger partial charge in [-0.05, 0) is 37.1 Å². The lowest BCUT2D eigenvalue weighted by molar-refractivity contribution is -0.146. The van der Waals surface area contributed by atoms with E-state index in [2.05, 4.69) is 10.6 Å². The van der Waals surface area contributed by atoms with E-state index >= 15 is 0 Å². The van der Waals surface area contributed by atoms with Gasteiger partial charge in [-0.15, -0.1) is 0 Å². The van der Waals surface area contributed by atoms with Crippen molar-refractivity contribution in [2.75, 3.05) is 10.6 Å². The molecular formula is C16H18N2O4. The topological polar surface area (TPSA) is 95.5 Å². The van der Waals surface area contributed by atoms with Crippen LogP contribution in [0.15, 0.2) is 36.4 Å². The molecule has 116 valence electrons. The van der Waals surface area contributed by atoms with Crippen LogP contribution in [0, 0.1) is 11.8 Å². The molecule has 6 heteroatoms. The van der Waals surface area contributed by atoms with Gasteiger partial charge in [-0.1, -0.05) is 12.2 Å². The van der Waals surface area contributed by atoms with Crippen molar-refractivity contribution >= 4 is 29.2 Å². The Labute approximate surface area is 128 Å². The van der Waals surface area contributed by atoms with E-state index in [1.54, 1.807) is 30.3 Å². The molecule has 1 aliphatic rings. The lowest BCUT2D eigenvalue weighted by atomic mass is 9.82. The van der Waals surface area contributed by atoms with Crippen LogP contribution in [0.25, 0.3) is 0 Å². The van der Waals surface area contributed by atoms with Crippen molar-refractivity contribution in [3.8, 4) is 0 Å². The first kappa shape index (κ1) is 15.8. The van der Waals surface area contributed by atoms with Gasteiger partial charge in [-0.3, -0.25) is 14.4 Å². The average molecular weight is 302 g/mol. The zero-order valence-electron chi connectivity index (χ0n) is 12.2. The predicted molar refractivity (Wildman–Crippen MR) is 82.4 cm³/mol. The maximum absolute atomic E-state index is 12.3. The summed E-state index contributed by atoms with van der Waals surface area (Å²) in [6.45, 7) is 1.42. The number of aliphatic carboxylic acids is 1.